The molecule has 2 aliphatic rings. The first-order chi connectivity index (χ1) is 7.75. The van der Waals surface area contributed by atoms with E-state index in [1.54, 1.807) is 0 Å². The largest absolute Gasteiger partial charge is 0.393 e. The number of hydrogen-bond donors (Lipinski definition) is 2. The van der Waals surface area contributed by atoms with Gasteiger partial charge in [-0.05, 0) is 71.1 Å². The van der Waals surface area contributed by atoms with Crippen LogP contribution in [0.2, 0.25) is 0 Å². The zero-order chi connectivity index (χ0) is 11.4. The molecule has 0 aliphatic carbocycles. The second-order valence-corrected chi connectivity index (χ2v) is 5.55. The van der Waals surface area contributed by atoms with Crippen LogP contribution < -0.4 is 5.32 Å². The summed E-state index contributed by atoms with van der Waals surface area (Å²) in [5, 5.41) is 12.8. The van der Waals surface area contributed by atoms with Gasteiger partial charge in [-0.2, -0.15) is 0 Å². The van der Waals surface area contributed by atoms with Crippen LogP contribution in [0.4, 0.5) is 0 Å². The number of nitrogens with one attached hydrogen (secondary N) is 1. The number of rotatable bonds is 3. The zero-order valence-electron chi connectivity index (χ0n) is 10.5. The molecule has 2 heterocycles. The molecule has 0 radical (unpaired) electrons. The van der Waals surface area contributed by atoms with Crippen LogP contribution in [-0.2, 0) is 0 Å². The molecule has 3 nitrogen and oxygen atoms in total. The standard InChI is InChI=1S/C13H26N2O/c1-11(16)10-12-4-8-15(9-5-12)13-2-6-14-7-3-13/h11-14,16H,2-10H2,1H3. The summed E-state index contributed by atoms with van der Waals surface area (Å²) in [5.74, 6) is 0.762. The maximum atomic E-state index is 9.40. The van der Waals surface area contributed by atoms with Gasteiger partial charge in [0.1, 0.15) is 0 Å². The Kier molecular flexibility index (Phi) is 4.62. The van der Waals surface area contributed by atoms with Gasteiger partial charge in [-0.3, -0.25) is 0 Å². The molecule has 2 N–H and O–H groups in total. The fourth-order valence-electron chi connectivity index (χ4n) is 3.21. The van der Waals surface area contributed by atoms with Gasteiger partial charge < -0.3 is 15.3 Å². The molecular weight excluding hydrogens is 200 g/mol. The van der Waals surface area contributed by atoms with Crippen LogP contribution in [0.5, 0.6) is 0 Å². The number of hydrogen-bond acceptors (Lipinski definition) is 3. The lowest BCUT2D eigenvalue weighted by molar-refractivity contribution is 0.0852. The van der Waals surface area contributed by atoms with E-state index >= 15 is 0 Å². The second kappa shape index (κ2) is 5.99. The topological polar surface area (TPSA) is 35.5 Å². The molecule has 94 valence electrons. The van der Waals surface area contributed by atoms with Crippen LogP contribution in [0.15, 0.2) is 0 Å². The number of aliphatic hydroxyl groups excluding tert-OH is 1. The highest BCUT2D eigenvalue weighted by Crippen LogP contribution is 2.25. The van der Waals surface area contributed by atoms with Crippen molar-refractivity contribution < 1.29 is 5.11 Å². The SMILES string of the molecule is CC(O)CC1CCN(C2CCNCC2)CC1. The molecule has 1 unspecified atom stereocenters. The van der Waals surface area contributed by atoms with Crippen molar-refractivity contribution in [2.24, 2.45) is 5.92 Å². The fraction of sp³-hybridized carbons (Fsp3) is 1.00. The molecule has 2 fully saturated rings. The quantitative estimate of drug-likeness (QED) is 0.759. The average molecular weight is 226 g/mol. The van der Waals surface area contributed by atoms with E-state index in [0.29, 0.717) is 0 Å². The van der Waals surface area contributed by atoms with Crippen LogP contribution in [0, 0.1) is 5.92 Å². The third-order valence-electron chi connectivity index (χ3n) is 4.15. The van der Waals surface area contributed by atoms with Crippen molar-refractivity contribution >= 4 is 0 Å². The van der Waals surface area contributed by atoms with E-state index in [1.165, 1.54) is 51.9 Å². The molecule has 0 spiro atoms. The highest BCUT2D eigenvalue weighted by atomic mass is 16.3. The average Bonchev–Trinajstić information content (AvgIpc) is 2.30. The van der Waals surface area contributed by atoms with Crippen LogP contribution in [-0.4, -0.2) is 48.3 Å². The molecular formula is C13H26N2O. The molecule has 2 aliphatic heterocycles. The summed E-state index contributed by atoms with van der Waals surface area (Å²) >= 11 is 0. The summed E-state index contributed by atoms with van der Waals surface area (Å²) in [6.07, 6.45) is 6.10. The third kappa shape index (κ3) is 3.44. The Morgan fingerprint density at radius 3 is 2.38 bits per heavy atom. The summed E-state index contributed by atoms with van der Waals surface area (Å²) in [4.78, 5) is 2.68. The Morgan fingerprint density at radius 2 is 1.81 bits per heavy atom. The monoisotopic (exact) mass is 226 g/mol. The first-order valence-electron chi connectivity index (χ1n) is 6.88. The number of nitrogens with zero attached hydrogens (tertiary/aromatic N) is 1. The Balaban J connectivity index is 1.71. The van der Waals surface area contributed by atoms with Crippen LogP contribution >= 0.6 is 0 Å². The van der Waals surface area contributed by atoms with Gasteiger partial charge in [0.05, 0.1) is 6.10 Å². The van der Waals surface area contributed by atoms with E-state index in [-0.39, 0.29) is 6.10 Å². The van der Waals surface area contributed by atoms with Gasteiger partial charge in [-0.25, -0.2) is 0 Å². The minimum atomic E-state index is -0.115. The van der Waals surface area contributed by atoms with Crippen molar-refractivity contribution in [1.29, 1.82) is 0 Å². The summed E-state index contributed by atoms with van der Waals surface area (Å²) in [5.41, 5.74) is 0. The molecule has 0 saturated carbocycles. The minimum Gasteiger partial charge on any atom is -0.393 e. The first-order valence-corrected chi connectivity index (χ1v) is 6.88. The zero-order valence-corrected chi connectivity index (χ0v) is 10.5. The number of piperidine rings is 2. The molecule has 0 aromatic carbocycles. The van der Waals surface area contributed by atoms with E-state index in [9.17, 15) is 5.11 Å². The van der Waals surface area contributed by atoms with Crippen molar-refractivity contribution in [1.82, 2.24) is 10.2 Å². The van der Waals surface area contributed by atoms with Crippen molar-refractivity contribution in [3.05, 3.63) is 0 Å². The first kappa shape index (κ1) is 12.3. The lowest BCUT2D eigenvalue weighted by atomic mass is 9.90. The highest BCUT2D eigenvalue weighted by molar-refractivity contribution is 4.82. The van der Waals surface area contributed by atoms with Crippen LogP contribution in [0.3, 0.4) is 0 Å². The maximum Gasteiger partial charge on any atom is 0.0514 e. The van der Waals surface area contributed by atoms with Crippen molar-refractivity contribution in [2.75, 3.05) is 26.2 Å². The Bertz CT molecular complexity index is 194. The van der Waals surface area contributed by atoms with E-state index in [0.717, 1.165) is 18.4 Å². The lowest BCUT2D eigenvalue weighted by Crippen LogP contribution is -2.46. The van der Waals surface area contributed by atoms with Crippen LogP contribution in [0.1, 0.15) is 39.0 Å². The van der Waals surface area contributed by atoms with Gasteiger partial charge in [-0.15, -0.1) is 0 Å². The number of likely N-dealkylation sites (tertiary alicyclic amines) is 1. The van der Waals surface area contributed by atoms with Crippen molar-refractivity contribution in [3.63, 3.8) is 0 Å². The minimum absolute atomic E-state index is 0.115. The predicted molar refractivity (Wildman–Crippen MR) is 66.5 cm³/mol. The lowest BCUT2D eigenvalue weighted by Gasteiger charge is -2.39. The summed E-state index contributed by atoms with van der Waals surface area (Å²) in [6.45, 7) is 6.81. The molecule has 0 bridgehead atoms. The maximum absolute atomic E-state index is 9.40. The highest BCUT2D eigenvalue weighted by Gasteiger charge is 2.26. The molecule has 2 rings (SSSR count). The molecule has 1 atom stereocenters. The Labute approximate surface area is 99.2 Å². The van der Waals surface area contributed by atoms with Gasteiger partial charge >= 0.3 is 0 Å². The summed E-state index contributed by atoms with van der Waals surface area (Å²) < 4.78 is 0. The predicted octanol–water partition coefficient (Wildman–Crippen LogP) is 1.22. The molecule has 16 heavy (non-hydrogen) atoms. The van der Waals surface area contributed by atoms with E-state index in [1.807, 2.05) is 6.92 Å². The van der Waals surface area contributed by atoms with Gasteiger partial charge in [-0.1, -0.05) is 0 Å². The van der Waals surface area contributed by atoms with E-state index < -0.39 is 0 Å². The Hall–Kier alpha value is -0.120. The van der Waals surface area contributed by atoms with Gasteiger partial charge in [0, 0.05) is 6.04 Å². The molecule has 2 saturated heterocycles. The molecule has 3 heteroatoms. The van der Waals surface area contributed by atoms with Gasteiger partial charge in [0.15, 0.2) is 0 Å². The molecule has 0 aromatic heterocycles. The van der Waals surface area contributed by atoms with Crippen LogP contribution in [0.25, 0.3) is 0 Å². The fourth-order valence-corrected chi connectivity index (χ4v) is 3.21. The van der Waals surface area contributed by atoms with Crippen molar-refractivity contribution in [3.8, 4) is 0 Å². The normalized spacial score (nSPS) is 28.1. The Morgan fingerprint density at radius 1 is 1.19 bits per heavy atom. The number of aliphatic hydroxyl groups is 1. The summed E-state index contributed by atoms with van der Waals surface area (Å²) in [7, 11) is 0. The van der Waals surface area contributed by atoms with E-state index in [4.69, 9.17) is 0 Å². The van der Waals surface area contributed by atoms with Gasteiger partial charge in [0.25, 0.3) is 0 Å². The van der Waals surface area contributed by atoms with Gasteiger partial charge in [0.2, 0.25) is 0 Å². The van der Waals surface area contributed by atoms with Crippen molar-refractivity contribution in [2.45, 2.75) is 51.2 Å². The van der Waals surface area contributed by atoms with E-state index in [2.05, 4.69) is 10.2 Å². The summed E-state index contributed by atoms with van der Waals surface area (Å²) in [6, 6.07) is 0.828. The second-order valence-electron chi connectivity index (χ2n) is 5.55. The smallest absolute Gasteiger partial charge is 0.0514 e. The molecule has 0 aromatic rings. The molecule has 0 amide bonds. The third-order valence-corrected chi connectivity index (χ3v) is 4.15.